The maximum Gasteiger partial charge on any atom is 0.129 e. The lowest BCUT2D eigenvalue weighted by molar-refractivity contribution is -0.133. The van der Waals surface area contributed by atoms with E-state index in [1.165, 1.54) is 6.42 Å². The molecule has 9 atom stereocenters. The van der Waals surface area contributed by atoms with Gasteiger partial charge in [0, 0.05) is 30.8 Å². The van der Waals surface area contributed by atoms with Gasteiger partial charge in [-0.3, -0.25) is 4.99 Å². The number of amidine groups is 1. The highest BCUT2D eigenvalue weighted by Crippen LogP contribution is 2.43. The van der Waals surface area contributed by atoms with Gasteiger partial charge in [0.2, 0.25) is 0 Å². The van der Waals surface area contributed by atoms with Gasteiger partial charge in [0.1, 0.15) is 23.6 Å². The van der Waals surface area contributed by atoms with E-state index in [9.17, 15) is 5.11 Å². The molecule has 3 aliphatic heterocycles. The third-order valence-electron chi connectivity index (χ3n) is 8.97. The Hall–Kier alpha value is -2.06. The largest absolute Gasteiger partial charge is 0.387 e. The molecule has 0 saturated carbocycles. The zero-order valence-corrected chi connectivity index (χ0v) is 27.4. The van der Waals surface area contributed by atoms with E-state index in [-0.39, 0.29) is 36.4 Å². The highest BCUT2D eigenvalue weighted by molar-refractivity contribution is 5.98. The summed E-state index contributed by atoms with van der Waals surface area (Å²) in [5.41, 5.74) is 2.76. The van der Waals surface area contributed by atoms with Crippen molar-refractivity contribution in [2.75, 3.05) is 13.7 Å². The molecule has 0 aliphatic carbocycles. The Labute approximate surface area is 255 Å². The molecule has 0 aromatic rings. The van der Waals surface area contributed by atoms with Gasteiger partial charge in [-0.15, -0.1) is 0 Å². The van der Waals surface area contributed by atoms with E-state index >= 15 is 0 Å². The van der Waals surface area contributed by atoms with Crippen LogP contribution in [-0.4, -0.2) is 72.5 Å². The Morgan fingerprint density at radius 2 is 1.93 bits per heavy atom. The summed E-state index contributed by atoms with van der Waals surface area (Å²) in [6, 6.07) is 0.204. The normalized spacial score (nSPS) is 35.3. The maximum atomic E-state index is 10.8. The van der Waals surface area contributed by atoms with Crippen molar-refractivity contribution in [3.63, 3.8) is 0 Å². The first-order chi connectivity index (χ1) is 20.0. The number of unbranched alkanes of at least 4 members (excludes halogenated alkanes) is 1. The molecule has 3 aliphatic rings. The molecular weight excluding hydrogens is 526 g/mol. The number of aliphatic imine (C=N–C) groups is 2. The Morgan fingerprint density at radius 3 is 2.57 bits per heavy atom. The van der Waals surface area contributed by atoms with Gasteiger partial charge < -0.3 is 24.6 Å². The van der Waals surface area contributed by atoms with Crippen LogP contribution in [0.1, 0.15) is 93.4 Å². The third kappa shape index (κ3) is 9.73. The first kappa shape index (κ1) is 34.4. The molecule has 42 heavy (non-hydrogen) atoms. The fourth-order valence-electron chi connectivity index (χ4n) is 5.92. The van der Waals surface area contributed by atoms with E-state index in [1.54, 1.807) is 0 Å². The predicted octanol–water partition coefficient (Wildman–Crippen LogP) is 6.73. The van der Waals surface area contributed by atoms with Gasteiger partial charge in [-0.25, -0.2) is 4.99 Å². The minimum atomic E-state index is -0.612. The van der Waals surface area contributed by atoms with E-state index in [1.807, 2.05) is 19.2 Å². The van der Waals surface area contributed by atoms with Gasteiger partial charge in [0.15, 0.2) is 0 Å². The summed E-state index contributed by atoms with van der Waals surface area (Å²) in [6.07, 6.45) is 16.8. The molecule has 1 spiro atoms. The lowest BCUT2D eigenvalue weighted by atomic mass is 9.87. The summed E-state index contributed by atoms with van der Waals surface area (Å²) >= 11 is 0. The Morgan fingerprint density at radius 1 is 1.19 bits per heavy atom. The highest BCUT2D eigenvalue weighted by atomic mass is 16.6. The molecule has 0 aromatic heterocycles. The molecule has 0 aromatic carbocycles. The van der Waals surface area contributed by atoms with Gasteiger partial charge in [0.25, 0.3) is 0 Å². The molecule has 0 bridgehead atoms. The summed E-state index contributed by atoms with van der Waals surface area (Å²) in [6.45, 7) is 19.9. The van der Waals surface area contributed by atoms with Gasteiger partial charge in [-0.05, 0) is 64.9 Å². The van der Waals surface area contributed by atoms with Crippen LogP contribution in [0.4, 0.5) is 0 Å². The first-order valence-electron chi connectivity index (χ1n) is 16.1. The van der Waals surface area contributed by atoms with Crippen LogP contribution in [0.25, 0.3) is 0 Å². The minimum absolute atomic E-state index is 0.0723. The van der Waals surface area contributed by atoms with Gasteiger partial charge in [-0.1, -0.05) is 70.6 Å². The van der Waals surface area contributed by atoms with Crippen LogP contribution in [0.3, 0.4) is 0 Å². The van der Waals surface area contributed by atoms with E-state index < -0.39 is 11.7 Å². The monoisotopic (exact) mass is 583 g/mol. The molecule has 3 rings (SSSR count). The number of hydrogen-bond acceptors (Lipinski definition) is 6. The number of ether oxygens (including phenoxy) is 3. The smallest absolute Gasteiger partial charge is 0.129 e. The molecule has 3 fully saturated rings. The van der Waals surface area contributed by atoms with Crippen LogP contribution in [0.5, 0.6) is 0 Å². The lowest BCUT2D eigenvalue weighted by Gasteiger charge is -2.39. The summed E-state index contributed by atoms with van der Waals surface area (Å²) in [5.74, 6) is 1.37. The molecule has 3 saturated heterocycles. The summed E-state index contributed by atoms with van der Waals surface area (Å²) < 4.78 is 18.2. The number of hydrogen-bond donors (Lipinski definition) is 2. The Kier molecular flexibility index (Phi) is 13.2. The van der Waals surface area contributed by atoms with Crippen molar-refractivity contribution in [2.45, 2.75) is 136 Å². The Bertz CT molecular complexity index is 1040. The fourth-order valence-corrected chi connectivity index (χ4v) is 5.92. The average Bonchev–Trinajstić information content (AvgIpc) is 3.75. The third-order valence-corrected chi connectivity index (χ3v) is 8.97. The molecule has 0 amide bonds. The van der Waals surface area contributed by atoms with Crippen molar-refractivity contribution in [2.24, 2.45) is 21.8 Å². The van der Waals surface area contributed by atoms with Crippen molar-refractivity contribution in [3.05, 3.63) is 48.2 Å². The molecule has 7 nitrogen and oxygen atoms in total. The van der Waals surface area contributed by atoms with Crippen molar-refractivity contribution < 1.29 is 19.3 Å². The average molecular weight is 584 g/mol. The van der Waals surface area contributed by atoms with Crippen LogP contribution in [0.2, 0.25) is 0 Å². The molecular formula is C35H57N3O4. The highest BCUT2D eigenvalue weighted by Gasteiger charge is 2.57. The van der Waals surface area contributed by atoms with Crippen molar-refractivity contribution >= 4 is 11.5 Å². The van der Waals surface area contributed by atoms with Crippen LogP contribution in [0, 0.1) is 11.8 Å². The second-order valence-electron chi connectivity index (χ2n) is 12.7. The minimum Gasteiger partial charge on any atom is -0.387 e. The van der Waals surface area contributed by atoms with E-state index in [2.05, 4.69) is 83.6 Å². The zero-order valence-electron chi connectivity index (χ0n) is 27.4. The number of nitrogens with zero attached hydrogens (tertiary/aromatic N) is 2. The van der Waals surface area contributed by atoms with Gasteiger partial charge in [0.05, 0.1) is 31.0 Å². The van der Waals surface area contributed by atoms with Crippen LogP contribution >= 0.6 is 0 Å². The topological polar surface area (TPSA) is 88.0 Å². The standard InChI is InChI=1S/C35H57N3O4/c1-10-12-13-26(6)38-34(36-9)24(4)16-17-27(7)37-30-20-25(5)31(41-28(30)8)18-14-23(3)15-19-32-33(39)35(22-40-35)21-29(11-2)42-32/h14-17,19,24-25,28-33,37,39H,7,10-13,18,20-22H2,1-6,8-9H3/b17-16-,19-15+,23-14+,36-34?,38-26?/t24?,25?,28?,29-,30?,31?,32?,33-,35?/m1/s1. The molecule has 7 unspecified atom stereocenters. The fraction of sp³-hybridized carbons (Fsp3) is 0.714. The van der Waals surface area contributed by atoms with Crippen molar-refractivity contribution in [1.29, 1.82) is 0 Å². The van der Waals surface area contributed by atoms with Crippen LogP contribution in [-0.2, 0) is 14.2 Å². The van der Waals surface area contributed by atoms with Crippen molar-refractivity contribution in [1.82, 2.24) is 5.32 Å². The number of aliphatic hydroxyl groups is 1. The van der Waals surface area contributed by atoms with E-state index in [0.717, 1.165) is 61.3 Å². The number of aliphatic hydroxyl groups excluding tert-OH is 1. The lowest BCUT2D eigenvalue weighted by Crippen LogP contribution is -2.49. The predicted molar refractivity (Wildman–Crippen MR) is 174 cm³/mol. The van der Waals surface area contributed by atoms with E-state index in [4.69, 9.17) is 19.2 Å². The summed E-state index contributed by atoms with van der Waals surface area (Å²) in [7, 11) is 1.81. The zero-order chi connectivity index (χ0) is 30.9. The molecule has 236 valence electrons. The Balaban J connectivity index is 1.48. The maximum absolute atomic E-state index is 10.8. The van der Waals surface area contributed by atoms with Crippen molar-refractivity contribution in [3.8, 4) is 0 Å². The molecule has 3 heterocycles. The van der Waals surface area contributed by atoms with E-state index in [0.29, 0.717) is 12.5 Å². The van der Waals surface area contributed by atoms with Gasteiger partial charge in [-0.2, -0.15) is 0 Å². The number of epoxide rings is 1. The second-order valence-corrected chi connectivity index (χ2v) is 12.7. The molecule has 7 heteroatoms. The SMILES string of the molecule is C=C(/C=C\C(C)C(N=C(C)CCCC)=NC)NC1CC(C)C(C/C=C(C)/C=C/C2O[C@H](CC)CC3(CO3)[C@@H]2O)OC1C. The first-order valence-corrected chi connectivity index (χ1v) is 16.1. The van der Waals surface area contributed by atoms with Crippen LogP contribution < -0.4 is 5.32 Å². The van der Waals surface area contributed by atoms with Crippen LogP contribution in [0.15, 0.2) is 58.2 Å². The molecule has 2 N–H and O–H groups in total. The number of nitrogens with one attached hydrogen (secondary N) is 1. The van der Waals surface area contributed by atoms with Gasteiger partial charge >= 0.3 is 0 Å². The number of rotatable bonds is 13. The number of allylic oxidation sites excluding steroid dienone is 3. The molecule has 0 radical (unpaired) electrons. The quantitative estimate of drug-likeness (QED) is 0.109. The summed E-state index contributed by atoms with van der Waals surface area (Å²) in [4.78, 5) is 9.17. The second kappa shape index (κ2) is 16.1. The summed E-state index contributed by atoms with van der Waals surface area (Å²) in [5, 5.41) is 14.3.